The first-order valence-electron chi connectivity index (χ1n) is 8.12. The van der Waals surface area contributed by atoms with Gasteiger partial charge in [0.15, 0.2) is 0 Å². The van der Waals surface area contributed by atoms with Gasteiger partial charge in [-0.05, 0) is 44.0 Å². The van der Waals surface area contributed by atoms with E-state index < -0.39 is 11.7 Å². The monoisotopic (exact) mass is 345 g/mol. The van der Waals surface area contributed by atoms with Crippen molar-refractivity contribution >= 4 is 5.97 Å². The maximum absolute atomic E-state index is 12.9. The van der Waals surface area contributed by atoms with Crippen molar-refractivity contribution in [3.63, 3.8) is 0 Å². The van der Waals surface area contributed by atoms with E-state index >= 15 is 0 Å². The van der Waals surface area contributed by atoms with Crippen LogP contribution in [0.4, 0.5) is 13.2 Å². The third-order valence-electron chi connectivity index (χ3n) is 3.93. The van der Waals surface area contributed by atoms with Gasteiger partial charge < -0.3 is 14.8 Å². The third-order valence-corrected chi connectivity index (χ3v) is 3.93. The van der Waals surface area contributed by atoms with Crippen molar-refractivity contribution in [2.45, 2.75) is 38.3 Å². The summed E-state index contributed by atoms with van der Waals surface area (Å²) in [6, 6.07) is 3.65. The zero-order valence-electron chi connectivity index (χ0n) is 13.6. The van der Waals surface area contributed by atoms with Gasteiger partial charge in [0.25, 0.3) is 0 Å². The molecule has 2 rings (SSSR count). The van der Waals surface area contributed by atoms with E-state index in [1.165, 1.54) is 6.07 Å². The van der Waals surface area contributed by atoms with Crippen LogP contribution in [0.25, 0.3) is 0 Å². The number of esters is 1. The SMILES string of the molecule is CCOC(=O)CCCOc1cc(C(F)(F)F)ccc1C1CCNC1. The Labute approximate surface area is 139 Å². The molecule has 1 aliphatic rings. The first-order chi connectivity index (χ1) is 11.4. The topological polar surface area (TPSA) is 47.6 Å². The molecule has 1 aromatic rings. The second kappa shape index (κ2) is 8.37. The normalized spacial score (nSPS) is 17.8. The van der Waals surface area contributed by atoms with Gasteiger partial charge in [-0.3, -0.25) is 4.79 Å². The van der Waals surface area contributed by atoms with E-state index in [-0.39, 0.29) is 30.7 Å². The zero-order valence-corrected chi connectivity index (χ0v) is 13.6. The number of ether oxygens (including phenoxy) is 2. The first kappa shape index (κ1) is 18.6. The van der Waals surface area contributed by atoms with Gasteiger partial charge in [-0.25, -0.2) is 0 Å². The maximum Gasteiger partial charge on any atom is 0.416 e. The van der Waals surface area contributed by atoms with Crippen molar-refractivity contribution in [3.05, 3.63) is 29.3 Å². The minimum Gasteiger partial charge on any atom is -0.493 e. The third kappa shape index (κ3) is 5.12. The summed E-state index contributed by atoms with van der Waals surface area (Å²) in [5.74, 6) is 0.0695. The molecule has 24 heavy (non-hydrogen) atoms. The standard InChI is InChI=1S/C17H22F3NO3/c1-2-23-16(22)4-3-9-24-15-10-13(17(18,19)20)5-6-14(15)12-7-8-21-11-12/h5-6,10,12,21H,2-4,7-9,11H2,1H3. The van der Waals surface area contributed by atoms with Crippen molar-refractivity contribution in [1.29, 1.82) is 0 Å². The lowest BCUT2D eigenvalue weighted by Crippen LogP contribution is -2.12. The largest absolute Gasteiger partial charge is 0.493 e. The molecule has 0 amide bonds. The first-order valence-corrected chi connectivity index (χ1v) is 8.12. The molecule has 1 aromatic carbocycles. The molecular weight excluding hydrogens is 323 g/mol. The average molecular weight is 345 g/mol. The average Bonchev–Trinajstić information content (AvgIpc) is 3.05. The van der Waals surface area contributed by atoms with Gasteiger partial charge in [0, 0.05) is 18.9 Å². The van der Waals surface area contributed by atoms with Gasteiger partial charge in [-0.2, -0.15) is 13.2 Å². The summed E-state index contributed by atoms with van der Waals surface area (Å²) in [6.07, 6.45) is -2.95. The molecule has 0 aromatic heterocycles. The van der Waals surface area contributed by atoms with Crippen molar-refractivity contribution in [2.24, 2.45) is 0 Å². The number of benzene rings is 1. The zero-order chi connectivity index (χ0) is 17.6. The minimum atomic E-state index is -4.41. The van der Waals surface area contributed by atoms with Crippen molar-refractivity contribution in [1.82, 2.24) is 5.32 Å². The van der Waals surface area contributed by atoms with E-state index in [4.69, 9.17) is 9.47 Å². The van der Waals surface area contributed by atoms with E-state index in [1.54, 1.807) is 6.92 Å². The summed E-state index contributed by atoms with van der Waals surface area (Å²) in [7, 11) is 0. The van der Waals surface area contributed by atoms with Crippen LogP contribution < -0.4 is 10.1 Å². The van der Waals surface area contributed by atoms with Gasteiger partial charge in [0.05, 0.1) is 18.8 Å². The van der Waals surface area contributed by atoms with Crippen LogP contribution in [0, 0.1) is 0 Å². The van der Waals surface area contributed by atoms with Crippen LogP contribution in [0.3, 0.4) is 0 Å². The summed E-state index contributed by atoms with van der Waals surface area (Å²) in [5.41, 5.74) is 0.0572. The van der Waals surface area contributed by atoms with Crippen LogP contribution in [0.15, 0.2) is 18.2 Å². The van der Waals surface area contributed by atoms with Gasteiger partial charge in [0.2, 0.25) is 0 Å². The predicted molar refractivity (Wildman–Crippen MR) is 83.0 cm³/mol. The molecular formula is C17H22F3NO3. The van der Waals surface area contributed by atoms with Gasteiger partial charge in [-0.15, -0.1) is 0 Å². The Morgan fingerprint density at radius 2 is 2.17 bits per heavy atom. The molecule has 1 heterocycles. The number of rotatable bonds is 7. The summed E-state index contributed by atoms with van der Waals surface area (Å²) in [4.78, 5) is 11.3. The van der Waals surface area contributed by atoms with E-state index in [0.717, 1.165) is 37.2 Å². The highest BCUT2D eigenvalue weighted by atomic mass is 19.4. The van der Waals surface area contributed by atoms with Crippen molar-refractivity contribution < 1.29 is 27.4 Å². The highest BCUT2D eigenvalue weighted by molar-refractivity contribution is 5.69. The molecule has 0 aliphatic carbocycles. The van der Waals surface area contributed by atoms with Gasteiger partial charge in [0.1, 0.15) is 5.75 Å². The Bertz CT molecular complexity index is 555. The number of nitrogens with one attached hydrogen (secondary N) is 1. The van der Waals surface area contributed by atoms with Gasteiger partial charge in [-0.1, -0.05) is 6.07 Å². The Balaban J connectivity index is 2.05. The molecule has 1 fully saturated rings. The summed E-state index contributed by atoms with van der Waals surface area (Å²) in [5, 5.41) is 3.20. The van der Waals surface area contributed by atoms with Crippen LogP contribution in [0.5, 0.6) is 5.75 Å². The molecule has 1 atom stereocenters. The molecule has 0 saturated carbocycles. The fourth-order valence-electron chi connectivity index (χ4n) is 2.72. The minimum absolute atomic E-state index is 0.146. The smallest absolute Gasteiger partial charge is 0.416 e. The number of alkyl halides is 3. The molecule has 7 heteroatoms. The summed E-state index contributed by atoms with van der Waals surface area (Å²) >= 11 is 0. The Morgan fingerprint density at radius 3 is 2.79 bits per heavy atom. The number of hydrogen-bond donors (Lipinski definition) is 1. The summed E-state index contributed by atoms with van der Waals surface area (Å²) < 4.78 is 49.2. The molecule has 134 valence electrons. The Hall–Kier alpha value is -1.76. The molecule has 4 nitrogen and oxygen atoms in total. The van der Waals surface area contributed by atoms with E-state index in [2.05, 4.69) is 5.32 Å². The van der Waals surface area contributed by atoms with Crippen LogP contribution in [-0.4, -0.2) is 32.3 Å². The van der Waals surface area contributed by atoms with E-state index in [1.807, 2.05) is 0 Å². The lowest BCUT2D eigenvalue weighted by Gasteiger charge is -2.18. The van der Waals surface area contributed by atoms with Crippen molar-refractivity contribution in [2.75, 3.05) is 26.3 Å². The molecule has 1 saturated heterocycles. The predicted octanol–water partition coefficient (Wildman–Crippen LogP) is 3.50. The van der Waals surface area contributed by atoms with Crippen LogP contribution in [0.1, 0.15) is 43.2 Å². The second-order valence-corrected chi connectivity index (χ2v) is 5.70. The molecule has 1 unspecified atom stereocenters. The quantitative estimate of drug-likeness (QED) is 0.607. The number of carbonyl (C=O) groups excluding carboxylic acids is 1. The van der Waals surface area contributed by atoms with Crippen LogP contribution in [-0.2, 0) is 15.7 Å². The molecule has 0 bridgehead atoms. The number of carbonyl (C=O) groups is 1. The lowest BCUT2D eigenvalue weighted by atomic mass is 9.96. The lowest BCUT2D eigenvalue weighted by molar-refractivity contribution is -0.143. The highest BCUT2D eigenvalue weighted by Gasteiger charge is 2.32. The van der Waals surface area contributed by atoms with Crippen LogP contribution >= 0.6 is 0 Å². The fourth-order valence-corrected chi connectivity index (χ4v) is 2.72. The Kier molecular flexibility index (Phi) is 6.48. The van der Waals surface area contributed by atoms with Gasteiger partial charge >= 0.3 is 12.1 Å². The molecule has 1 aliphatic heterocycles. The Morgan fingerprint density at radius 1 is 1.38 bits per heavy atom. The molecule has 0 spiro atoms. The fraction of sp³-hybridized carbons (Fsp3) is 0.588. The number of halogens is 3. The van der Waals surface area contributed by atoms with Crippen LogP contribution in [0.2, 0.25) is 0 Å². The molecule has 0 radical (unpaired) electrons. The molecule has 1 N–H and O–H groups in total. The highest BCUT2D eigenvalue weighted by Crippen LogP contribution is 2.37. The van der Waals surface area contributed by atoms with E-state index in [9.17, 15) is 18.0 Å². The maximum atomic E-state index is 12.9. The van der Waals surface area contributed by atoms with Crippen molar-refractivity contribution in [3.8, 4) is 5.75 Å². The number of hydrogen-bond acceptors (Lipinski definition) is 4. The summed E-state index contributed by atoms with van der Waals surface area (Å²) in [6.45, 7) is 3.77. The van der Waals surface area contributed by atoms with E-state index in [0.29, 0.717) is 13.0 Å². The second-order valence-electron chi connectivity index (χ2n) is 5.70.